The van der Waals surface area contributed by atoms with Crippen molar-refractivity contribution in [1.29, 1.82) is 10.5 Å². The molecule has 0 aliphatic carbocycles. The van der Waals surface area contributed by atoms with Gasteiger partial charge in [-0.1, -0.05) is 58.1 Å². The van der Waals surface area contributed by atoms with Gasteiger partial charge < -0.3 is 9.47 Å². The van der Waals surface area contributed by atoms with Gasteiger partial charge in [-0.2, -0.15) is 10.5 Å². The van der Waals surface area contributed by atoms with Gasteiger partial charge in [0, 0.05) is 18.0 Å². The summed E-state index contributed by atoms with van der Waals surface area (Å²) in [6.45, 7) is 4.76. The summed E-state index contributed by atoms with van der Waals surface area (Å²) in [5, 5.41) is 19.3. The molecular formula is C30H32N4O3. The van der Waals surface area contributed by atoms with E-state index in [9.17, 15) is 15.3 Å². The number of aryl methyl sites for hydroxylation is 1. The number of aromatic nitrogens is 2. The molecule has 7 heteroatoms. The molecule has 0 aliphatic rings. The van der Waals surface area contributed by atoms with E-state index in [4.69, 9.17) is 9.47 Å². The van der Waals surface area contributed by atoms with E-state index >= 15 is 0 Å². The highest BCUT2D eigenvalue weighted by Crippen LogP contribution is 2.30. The minimum absolute atomic E-state index is 0.0217. The highest BCUT2D eigenvalue weighted by Gasteiger charge is 2.19. The van der Waals surface area contributed by atoms with Crippen molar-refractivity contribution < 1.29 is 14.3 Å². The number of benzene rings is 2. The first-order valence-corrected chi connectivity index (χ1v) is 12.8. The van der Waals surface area contributed by atoms with Crippen LogP contribution in [0, 0.1) is 22.7 Å². The number of nitrogens with zero attached hydrogens (tertiary/aromatic N) is 4. The Hall–Kier alpha value is -4.23. The summed E-state index contributed by atoms with van der Waals surface area (Å²) in [6, 6.07) is 13.8. The highest BCUT2D eigenvalue weighted by atomic mass is 16.5. The van der Waals surface area contributed by atoms with Crippen molar-refractivity contribution in [3.8, 4) is 35.0 Å². The third-order valence-electron chi connectivity index (χ3n) is 5.96. The Kier molecular flexibility index (Phi) is 10.6. The lowest BCUT2D eigenvalue weighted by Gasteiger charge is -2.12. The lowest BCUT2D eigenvalue weighted by molar-refractivity contribution is 0.0734. The van der Waals surface area contributed by atoms with Gasteiger partial charge in [-0.25, -0.2) is 14.8 Å². The molecule has 0 spiro atoms. The molecule has 7 nitrogen and oxygen atoms in total. The van der Waals surface area contributed by atoms with Crippen molar-refractivity contribution in [3.63, 3.8) is 0 Å². The van der Waals surface area contributed by atoms with Crippen LogP contribution in [0.2, 0.25) is 0 Å². The Balaban J connectivity index is 1.68. The van der Waals surface area contributed by atoms with Crippen LogP contribution in [0.1, 0.15) is 85.8 Å². The molecule has 3 rings (SSSR count). The van der Waals surface area contributed by atoms with E-state index in [1.165, 1.54) is 18.9 Å². The molecule has 0 N–H and O–H groups in total. The molecule has 2 aromatic carbocycles. The summed E-state index contributed by atoms with van der Waals surface area (Å²) in [5.41, 5.74) is 2.23. The largest absolute Gasteiger partial charge is 0.492 e. The number of esters is 1. The zero-order chi connectivity index (χ0) is 26.5. The van der Waals surface area contributed by atoms with Gasteiger partial charge in [0.25, 0.3) is 0 Å². The van der Waals surface area contributed by atoms with E-state index in [0.717, 1.165) is 49.7 Å². The highest BCUT2D eigenvalue weighted by molar-refractivity contribution is 5.92. The summed E-state index contributed by atoms with van der Waals surface area (Å²) in [5.74, 6) is 0.284. The number of carbonyl (C=O) groups is 1. The minimum Gasteiger partial charge on any atom is -0.492 e. The van der Waals surface area contributed by atoms with Crippen LogP contribution >= 0.6 is 0 Å². The number of hydrogen-bond acceptors (Lipinski definition) is 7. The normalized spacial score (nSPS) is 10.4. The van der Waals surface area contributed by atoms with Gasteiger partial charge in [0.05, 0.1) is 12.2 Å². The third-order valence-corrected chi connectivity index (χ3v) is 5.96. The van der Waals surface area contributed by atoms with E-state index < -0.39 is 5.97 Å². The molecule has 0 amide bonds. The first-order valence-electron chi connectivity index (χ1n) is 12.8. The molecule has 0 aliphatic heterocycles. The Morgan fingerprint density at radius 3 is 2.08 bits per heavy atom. The van der Waals surface area contributed by atoms with E-state index in [1.54, 1.807) is 30.3 Å². The zero-order valence-electron chi connectivity index (χ0n) is 21.5. The minimum atomic E-state index is -0.632. The number of unbranched alkanes of at least 4 members (excludes halogenated alkanes) is 5. The summed E-state index contributed by atoms with van der Waals surface area (Å²) in [7, 11) is 0. The number of ether oxygens (including phenoxy) is 2. The monoisotopic (exact) mass is 496 g/mol. The Labute approximate surface area is 218 Å². The summed E-state index contributed by atoms with van der Waals surface area (Å²) < 4.78 is 11.2. The van der Waals surface area contributed by atoms with Crippen molar-refractivity contribution in [2.45, 2.75) is 65.2 Å². The standard InChI is InChI=1S/C30H32N4O3/c1-3-5-7-9-17-36-27-15-16-28(26(19-32)25(27)18-31)37-30(35)24-13-11-23(12-14-24)29-33-20-22(21-34-29)10-8-6-4-2/h11-16,20-21H,3-10,17H2,1-2H3. The van der Waals surface area contributed by atoms with Crippen LogP contribution in [0.3, 0.4) is 0 Å². The van der Waals surface area contributed by atoms with Crippen LogP contribution in [-0.4, -0.2) is 22.5 Å². The number of rotatable bonds is 13. The lowest BCUT2D eigenvalue weighted by Crippen LogP contribution is -2.10. The van der Waals surface area contributed by atoms with Crippen LogP contribution in [0.15, 0.2) is 48.8 Å². The maximum atomic E-state index is 12.8. The van der Waals surface area contributed by atoms with Gasteiger partial charge in [-0.05, 0) is 49.1 Å². The van der Waals surface area contributed by atoms with Crippen molar-refractivity contribution in [3.05, 3.63) is 71.0 Å². The first kappa shape index (κ1) is 27.4. The van der Waals surface area contributed by atoms with Crippen LogP contribution in [0.5, 0.6) is 11.5 Å². The second-order valence-corrected chi connectivity index (χ2v) is 8.78. The molecule has 190 valence electrons. The van der Waals surface area contributed by atoms with Crippen LogP contribution in [0.4, 0.5) is 0 Å². The van der Waals surface area contributed by atoms with Crippen LogP contribution in [-0.2, 0) is 6.42 Å². The lowest BCUT2D eigenvalue weighted by atomic mass is 10.1. The molecule has 0 radical (unpaired) electrons. The predicted molar refractivity (Wildman–Crippen MR) is 141 cm³/mol. The topological polar surface area (TPSA) is 109 Å². The molecule has 0 atom stereocenters. The Morgan fingerprint density at radius 2 is 1.43 bits per heavy atom. The SMILES string of the molecule is CCCCCCOc1ccc(OC(=O)c2ccc(-c3ncc(CCCCC)cn3)cc2)c(C#N)c1C#N. The van der Waals surface area contributed by atoms with Gasteiger partial charge in [-0.15, -0.1) is 0 Å². The van der Waals surface area contributed by atoms with E-state index in [1.807, 2.05) is 24.5 Å². The van der Waals surface area contributed by atoms with Gasteiger partial charge in [0.1, 0.15) is 29.0 Å². The second-order valence-electron chi connectivity index (χ2n) is 8.78. The van der Waals surface area contributed by atoms with Crippen LogP contribution < -0.4 is 9.47 Å². The molecule has 0 bridgehead atoms. The summed E-state index contributed by atoms with van der Waals surface area (Å²) in [4.78, 5) is 21.7. The fourth-order valence-electron chi connectivity index (χ4n) is 3.83. The Bertz CT molecular complexity index is 1260. The fraction of sp³-hybridized carbons (Fsp3) is 0.367. The molecular weight excluding hydrogens is 464 g/mol. The predicted octanol–water partition coefficient (Wildman–Crippen LogP) is 6.80. The maximum Gasteiger partial charge on any atom is 0.343 e. The first-order chi connectivity index (χ1) is 18.1. The van der Waals surface area contributed by atoms with Crippen molar-refractivity contribution in [2.24, 2.45) is 0 Å². The second kappa shape index (κ2) is 14.4. The smallest absolute Gasteiger partial charge is 0.343 e. The molecule has 0 fully saturated rings. The average Bonchev–Trinajstić information content (AvgIpc) is 2.93. The van der Waals surface area contributed by atoms with Gasteiger partial charge >= 0.3 is 5.97 Å². The molecule has 1 aromatic heterocycles. The number of hydrogen-bond donors (Lipinski definition) is 0. The van der Waals surface area contributed by atoms with E-state index in [0.29, 0.717) is 23.7 Å². The quantitative estimate of drug-likeness (QED) is 0.145. The Morgan fingerprint density at radius 1 is 0.811 bits per heavy atom. The number of carbonyl (C=O) groups excluding carboxylic acids is 1. The molecule has 0 saturated carbocycles. The van der Waals surface area contributed by atoms with Crippen molar-refractivity contribution in [2.75, 3.05) is 6.61 Å². The van der Waals surface area contributed by atoms with Gasteiger partial charge in [-0.3, -0.25) is 0 Å². The number of nitriles is 2. The van der Waals surface area contributed by atoms with E-state index in [2.05, 4.69) is 23.8 Å². The average molecular weight is 497 g/mol. The van der Waals surface area contributed by atoms with Gasteiger partial charge in [0.2, 0.25) is 0 Å². The van der Waals surface area contributed by atoms with Crippen molar-refractivity contribution in [1.82, 2.24) is 9.97 Å². The van der Waals surface area contributed by atoms with E-state index in [-0.39, 0.29) is 16.9 Å². The molecule has 1 heterocycles. The summed E-state index contributed by atoms with van der Waals surface area (Å²) >= 11 is 0. The molecule has 37 heavy (non-hydrogen) atoms. The fourth-order valence-corrected chi connectivity index (χ4v) is 3.83. The van der Waals surface area contributed by atoms with Gasteiger partial charge in [0.15, 0.2) is 11.6 Å². The van der Waals surface area contributed by atoms with Crippen LogP contribution in [0.25, 0.3) is 11.4 Å². The molecule has 0 saturated heterocycles. The molecule has 0 unspecified atom stereocenters. The molecule has 3 aromatic rings. The zero-order valence-corrected chi connectivity index (χ0v) is 21.5. The maximum absolute atomic E-state index is 12.8. The summed E-state index contributed by atoms with van der Waals surface area (Å²) in [6.07, 6.45) is 12.3. The van der Waals surface area contributed by atoms with Crippen molar-refractivity contribution >= 4 is 5.97 Å². The third kappa shape index (κ3) is 7.62.